The number of allylic oxidation sites excluding steroid dienone is 1. The summed E-state index contributed by atoms with van der Waals surface area (Å²) < 4.78 is 10.7. The molecule has 35 heavy (non-hydrogen) atoms. The standard InChI is InChI=1S/C27H19BrN2O5/c1-34-27(33)23-16-25(35-30-23)20-3-2-4-22(15-20)29-26(32)19-8-5-17(6-9-19)7-14-24(31)18-10-12-21(28)13-11-18/h2-16H,1H3,(H,29,32)/b14-7+. The minimum absolute atomic E-state index is 0.0598. The van der Waals surface area contributed by atoms with Crippen LogP contribution >= 0.6 is 15.9 Å². The van der Waals surface area contributed by atoms with Gasteiger partial charge in [0.1, 0.15) is 0 Å². The molecule has 8 heteroatoms. The van der Waals surface area contributed by atoms with Crippen LogP contribution < -0.4 is 5.32 Å². The number of rotatable bonds is 7. The fourth-order valence-electron chi connectivity index (χ4n) is 3.19. The van der Waals surface area contributed by atoms with Gasteiger partial charge >= 0.3 is 5.97 Å². The number of nitrogens with one attached hydrogen (secondary N) is 1. The SMILES string of the molecule is COC(=O)c1cc(-c2cccc(NC(=O)c3ccc(/C=C/C(=O)c4ccc(Br)cc4)cc3)c2)on1. The average molecular weight is 531 g/mol. The molecule has 0 saturated heterocycles. The number of amides is 1. The molecule has 1 heterocycles. The van der Waals surface area contributed by atoms with Crippen LogP contribution in [0.5, 0.6) is 0 Å². The Kier molecular flexibility index (Phi) is 7.32. The summed E-state index contributed by atoms with van der Waals surface area (Å²) >= 11 is 3.35. The number of methoxy groups -OCH3 is 1. The van der Waals surface area contributed by atoms with Gasteiger partial charge in [0.2, 0.25) is 0 Å². The molecule has 0 aliphatic rings. The molecule has 0 spiro atoms. The first kappa shape index (κ1) is 23.8. The predicted octanol–water partition coefficient (Wildman–Crippen LogP) is 6.04. The van der Waals surface area contributed by atoms with Crippen LogP contribution in [0.2, 0.25) is 0 Å². The lowest BCUT2D eigenvalue weighted by Gasteiger charge is -2.07. The summed E-state index contributed by atoms with van der Waals surface area (Å²) in [6.07, 6.45) is 3.20. The fourth-order valence-corrected chi connectivity index (χ4v) is 3.46. The highest BCUT2D eigenvalue weighted by Gasteiger charge is 2.14. The minimum atomic E-state index is -0.597. The maximum atomic E-state index is 12.7. The van der Waals surface area contributed by atoms with Crippen molar-refractivity contribution in [2.75, 3.05) is 12.4 Å². The van der Waals surface area contributed by atoms with Gasteiger partial charge in [0.25, 0.3) is 5.91 Å². The number of halogens is 1. The van der Waals surface area contributed by atoms with E-state index in [9.17, 15) is 14.4 Å². The number of anilines is 1. The second kappa shape index (κ2) is 10.8. The zero-order valence-electron chi connectivity index (χ0n) is 18.5. The molecule has 1 amide bonds. The predicted molar refractivity (Wildman–Crippen MR) is 135 cm³/mol. The Labute approximate surface area is 209 Å². The highest BCUT2D eigenvalue weighted by Crippen LogP contribution is 2.24. The van der Waals surface area contributed by atoms with E-state index >= 15 is 0 Å². The Morgan fingerprint density at radius 1 is 0.943 bits per heavy atom. The third-order valence-electron chi connectivity index (χ3n) is 5.04. The molecular formula is C27H19BrN2O5. The molecule has 4 rings (SSSR count). The summed E-state index contributed by atoms with van der Waals surface area (Å²) in [4.78, 5) is 36.6. The molecule has 4 aromatic rings. The maximum Gasteiger partial charge on any atom is 0.360 e. The van der Waals surface area contributed by atoms with Crippen molar-refractivity contribution in [1.82, 2.24) is 5.16 Å². The number of esters is 1. The molecule has 3 aromatic carbocycles. The fraction of sp³-hybridized carbons (Fsp3) is 0.0370. The number of ether oxygens (including phenoxy) is 1. The zero-order chi connectivity index (χ0) is 24.8. The minimum Gasteiger partial charge on any atom is -0.464 e. The molecule has 1 aromatic heterocycles. The maximum absolute atomic E-state index is 12.7. The quantitative estimate of drug-likeness (QED) is 0.177. The first-order valence-corrected chi connectivity index (χ1v) is 11.3. The van der Waals surface area contributed by atoms with Crippen molar-refractivity contribution in [3.8, 4) is 11.3 Å². The van der Waals surface area contributed by atoms with E-state index in [2.05, 4.69) is 31.1 Å². The van der Waals surface area contributed by atoms with E-state index in [1.54, 1.807) is 66.7 Å². The summed E-state index contributed by atoms with van der Waals surface area (Å²) in [7, 11) is 1.26. The average Bonchev–Trinajstić information content (AvgIpc) is 3.38. The van der Waals surface area contributed by atoms with Crippen LogP contribution in [0.3, 0.4) is 0 Å². The van der Waals surface area contributed by atoms with E-state index in [0.29, 0.717) is 28.1 Å². The van der Waals surface area contributed by atoms with Crippen molar-refractivity contribution in [3.05, 3.63) is 112 Å². The number of carbonyl (C=O) groups is 3. The summed E-state index contributed by atoms with van der Waals surface area (Å²) in [5.74, 6) is -0.628. The van der Waals surface area contributed by atoms with E-state index < -0.39 is 5.97 Å². The topological polar surface area (TPSA) is 98.5 Å². The third-order valence-corrected chi connectivity index (χ3v) is 5.57. The van der Waals surface area contributed by atoms with Crippen LogP contribution in [0.25, 0.3) is 17.4 Å². The second-order valence-corrected chi connectivity index (χ2v) is 8.35. The number of hydrogen-bond acceptors (Lipinski definition) is 6. The van der Waals surface area contributed by atoms with Gasteiger partial charge in [-0.1, -0.05) is 51.4 Å². The van der Waals surface area contributed by atoms with E-state index in [-0.39, 0.29) is 17.4 Å². The highest BCUT2D eigenvalue weighted by atomic mass is 79.9. The zero-order valence-corrected chi connectivity index (χ0v) is 20.1. The molecule has 0 unspecified atom stereocenters. The first-order chi connectivity index (χ1) is 16.9. The van der Waals surface area contributed by atoms with E-state index in [4.69, 9.17) is 4.52 Å². The number of nitrogens with zero attached hydrogens (tertiary/aromatic N) is 1. The van der Waals surface area contributed by atoms with E-state index in [0.717, 1.165) is 10.0 Å². The van der Waals surface area contributed by atoms with E-state index in [1.165, 1.54) is 19.3 Å². The first-order valence-electron chi connectivity index (χ1n) is 10.5. The van der Waals surface area contributed by atoms with Crippen molar-refractivity contribution >= 4 is 45.4 Å². The molecule has 7 nitrogen and oxygen atoms in total. The van der Waals surface area contributed by atoms with Gasteiger partial charge in [-0.2, -0.15) is 0 Å². The van der Waals surface area contributed by atoms with Crippen molar-refractivity contribution in [3.63, 3.8) is 0 Å². The van der Waals surface area contributed by atoms with Crippen molar-refractivity contribution in [1.29, 1.82) is 0 Å². The summed E-state index contributed by atoms with van der Waals surface area (Å²) in [6, 6.07) is 22.5. The normalized spacial score (nSPS) is 10.8. The molecule has 0 bridgehead atoms. The summed E-state index contributed by atoms with van der Waals surface area (Å²) in [5, 5.41) is 6.53. The molecule has 0 saturated carbocycles. The molecule has 0 aliphatic heterocycles. The van der Waals surface area contributed by atoms with Crippen LogP contribution in [-0.4, -0.2) is 29.9 Å². The largest absolute Gasteiger partial charge is 0.464 e. The molecule has 1 N–H and O–H groups in total. The second-order valence-electron chi connectivity index (χ2n) is 7.43. The Morgan fingerprint density at radius 2 is 1.66 bits per heavy atom. The molecular weight excluding hydrogens is 512 g/mol. The lowest BCUT2D eigenvalue weighted by atomic mass is 10.1. The molecule has 0 atom stereocenters. The van der Waals surface area contributed by atoms with Crippen LogP contribution in [0.4, 0.5) is 5.69 Å². The molecule has 0 fully saturated rings. The van der Waals surface area contributed by atoms with Crippen LogP contribution in [0.1, 0.15) is 36.8 Å². The van der Waals surface area contributed by atoms with Gasteiger partial charge in [-0.3, -0.25) is 9.59 Å². The van der Waals surface area contributed by atoms with E-state index in [1.807, 2.05) is 12.1 Å². The van der Waals surface area contributed by atoms with Crippen molar-refractivity contribution in [2.24, 2.45) is 0 Å². The van der Waals surface area contributed by atoms with Gasteiger partial charge in [-0.05, 0) is 60.2 Å². The monoisotopic (exact) mass is 530 g/mol. The summed E-state index contributed by atoms with van der Waals surface area (Å²) in [5.41, 5.74) is 3.09. The van der Waals surface area contributed by atoms with Crippen LogP contribution in [0.15, 0.2) is 93.9 Å². The number of ketones is 1. The van der Waals surface area contributed by atoms with Gasteiger partial charge in [0.15, 0.2) is 17.2 Å². The van der Waals surface area contributed by atoms with Gasteiger partial charge < -0.3 is 14.6 Å². The van der Waals surface area contributed by atoms with Crippen molar-refractivity contribution in [2.45, 2.75) is 0 Å². The Hall–Kier alpha value is -4.30. The van der Waals surface area contributed by atoms with Gasteiger partial charge in [0, 0.05) is 32.9 Å². The lowest BCUT2D eigenvalue weighted by molar-refractivity contribution is 0.0589. The van der Waals surface area contributed by atoms with Crippen LogP contribution in [-0.2, 0) is 4.74 Å². The molecule has 0 aliphatic carbocycles. The molecule has 174 valence electrons. The Bertz CT molecular complexity index is 1410. The van der Waals surface area contributed by atoms with Crippen LogP contribution in [0, 0.1) is 0 Å². The third kappa shape index (κ3) is 5.99. The molecule has 0 radical (unpaired) electrons. The summed E-state index contributed by atoms with van der Waals surface area (Å²) in [6.45, 7) is 0. The highest BCUT2D eigenvalue weighted by molar-refractivity contribution is 9.10. The smallest absolute Gasteiger partial charge is 0.360 e. The Morgan fingerprint density at radius 3 is 2.37 bits per heavy atom. The van der Waals surface area contributed by atoms with Gasteiger partial charge in [0.05, 0.1) is 7.11 Å². The number of aromatic nitrogens is 1. The van der Waals surface area contributed by atoms with Gasteiger partial charge in [-0.25, -0.2) is 4.79 Å². The lowest BCUT2D eigenvalue weighted by Crippen LogP contribution is -2.11. The number of carbonyl (C=O) groups excluding carboxylic acids is 3. The Balaban J connectivity index is 1.41. The van der Waals surface area contributed by atoms with Crippen molar-refractivity contribution < 1.29 is 23.6 Å². The number of benzene rings is 3. The van der Waals surface area contributed by atoms with Gasteiger partial charge in [-0.15, -0.1) is 0 Å². The number of hydrogen-bond donors (Lipinski definition) is 1.